The van der Waals surface area contributed by atoms with Gasteiger partial charge in [-0.25, -0.2) is 0 Å². The van der Waals surface area contributed by atoms with Gasteiger partial charge in [0.15, 0.2) is 0 Å². The number of para-hydroxylation sites is 1. The highest BCUT2D eigenvalue weighted by molar-refractivity contribution is 5.86. The lowest BCUT2D eigenvalue weighted by Crippen LogP contribution is -2.52. The molecule has 2 aromatic carbocycles. The Morgan fingerprint density at radius 3 is 2.44 bits per heavy atom. The molecular weight excluding hydrogens is 222 g/mol. The summed E-state index contributed by atoms with van der Waals surface area (Å²) >= 11 is 0. The Morgan fingerprint density at radius 1 is 0.944 bits per heavy atom. The van der Waals surface area contributed by atoms with E-state index in [-0.39, 0.29) is 0 Å². The molecule has 2 aromatic rings. The molecule has 0 unspecified atom stereocenters. The van der Waals surface area contributed by atoms with Gasteiger partial charge in [0.05, 0.1) is 6.54 Å². The van der Waals surface area contributed by atoms with Crippen LogP contribution in [0.3, 0.4) is 0 Å². The highest BCUT2D eigenvalue weighted by atomic mass is 16.5. The van der Waals surface area contributed by atoms with E-state index in [2.05, 4.69) is 42.1 Å². The zero-order chi connectivity index (χ0) is 12.4. The van der Waals surface area contributed by atoms with Crippen LogP contribution in [0.2, 0.25) is 0 Å². The van der Waals surface area contributed by atoms with Crippen molar-refractivity contribution in [3.8, 4) is 5.75 Å². The molecule has 0 spiro atoms. The Kier molecular flexibility index (Phi) is 2.87. The van der Waals surface area contributed by atoms with Gasteiger partial charge in [-0.3, -0.25) is 0 Å². The number of fused-ring (bicyclic) bond motifs is 1. The first-order chi connectivity index (χ1) is 8.90. The Balaban J connectivity index is 2.22. The summed E-state index contributed by atoms with van der Waals surface area (Å²) < 4.78 is 5.78. The third-order valence-electron chi connectivity index (χ3n) is 3.28. The Hall–Kier alpha value is -2.06. The number of hydrogen-bond donors (Lipinski definition) is 1. The number of quaternary nitrogens is 1. The van der Waals surface area contributed by atoms with E-state index in [0.29, 0.717) is 6.61 Å². The van der Waals surface area contributed by atoms with Crippen molar-refractivity contribution < 1.29 is 10.5 Å². The molecule has 1 heterocycles. The summed E-state index contributed by atoms with van der Waals surface area (Å²) in [6.07, 6.45) is 0. The summed E-state index contributed by atoms with van der Waals surface area (Å²) in [7, 11) is 0. The quantitative estimate of drug-likeness (QED) is 0.855. The normalized spacial score (nSPS) is 14.1. The minimum atomic E-state index is 0.644. The van der Waals surface area contributed by atoms with Crippen molar-refractivity contribution in [3.05, 3.63) is 71.3 Å². The van der Waals surface area contributed by atoms with Crippen molar-refractivity contribution in [1.82, 2.24) is 0 Å². The molecular formula is C16H16NO+. The second-order valence-corrected chi connectivity index (χ2v) is 4.38. The van der Waals surface area contributed by atoms with Crippen LogP contribution in [-0.4, -0.2) is 13.2 Å². The summed E-state index contributed by atoms with van der Waals surface area (Å²) in [5.74, 6) is 0.966. The molecule has 0 amide bonds. The summed E-state index contributed by atoms with van der Waals surface area (Å²) in [4.78, 5) is 0. The van der Waals surface area contributed by atoms with Crippen LogP contribution in [0.15, 0.2) is 60.2 Å². The van der Waals surface area contributed by atoms with E-state index in [1.54, 1.807) is 0 Å². The average molecular weight is 238 g/mol. The Bertz CT molecular complexity index is 587. The minimum Gasteiger partial charge on any atom is -0.488 e. The molecule has 2 heteroatoms. The maximum atomic E-state index is 5.78. The van der Waals surface area contributed by atoms with Gasteiger partial charge in [-0.1, -0.05) is 48.5 Å². The van der Waals surface area contributed by atoms with E-state index in [1.165, 1.54) is 22.3 Å². The van der Waals surface area contributed by atoms with E-state index >= 15 is 0 Å². The fourth-order valence-corrected chi connectivity index (χ4v) is 2.39. The van der Waals surface area contributed by atoms with Crippen molar-refractivity contribution in [2.24, 2.45) is 0 Å². The molecule has 2 nitrogen and oxygen atoms in total. The van der Waals surface area contributed by atoms with Crippen LogP contribution in [0, 0.1) is 0 Å². The van der Waals surface area contributed by atoms with Crippen LogP contribution >= 0.6 is 0 Å². The molecule has 3 N–H and O–H groups in total. The summed E-state index contributed by atoms with van der Waals surface area (Å²) in [5, 5.41) is 0. The fourth-order valence-electron chi connectivity index (χ4n) is 2.39. The van der Waals surface area contributed by atoms with Gasteiger partial charge in [-0.2, -0.15) is 0 Å². The standard InChI is InChI=1S/C16H15NO/c17-10-13-11-18-15-9-5-4-8-14(15)16(13)12-6-2-1-3-7-12/h1-9H,10-11,17H2/p+1. The highest BCUT2D eigenvalue weighted by Gasteiger charge is 2.20. The smallest absolute Gasteiger partial charge is 0.127 e. The molecule has 3 rings (SSSR count). The molecule has 0 bridgehead atoms. The van der Waals surface area contributed by atoms with E-state index in [1.807, 2.05) is 18.2 Å². The molecule has 0 atom stereocenters. The molecule has 0 saturated heterocycles. The summed E-state index contributed by atoms with van der Waals surface area (Å²) in [6.45, 7) is 1.42. The lowest BCUT2D eigenvalue weighted by atomic mass is 9.91. The van der Waals surface area contributed by atoms with E-state index in [9.17, 15) is 0 Å². The van der Waals surface area contributed by atoms with Gasteiger partial charge in [0.1, 0.15) is 12.4 Å². The molecule has 1 aliphatic rings. The fraction of sp³-hybridized carbons (Fsp3) is 0.125. The van der Waals surface area contributed by atoms with Crippen molar-refractivity contribution in [2.45, 2.75) is 0 Å². The van der Waals surface area contributed by atoms with Crippen LogP contribution in [-0.2, 0) is 0 Å². The van der Waals surface area contributed by atoms with Crippen LogP contribution in [0.25, 0.3) is 5.57 Å². The minimum absolute atomic E-state index is 0.644. The van der Waals surface area contributed by atoms with E-state index in [4.69, 9.17) is 4.74 Å². The predicted molar refractivity (Wildman–Crippen MR) is 72.2 cm³/mol. The molecule has 0 radical (unpaired) electrons. The molecule has 0 aromatic heterocycles. The molecule has 18 heavy (non-hydrogen) atoms. The third-order valence-corrected chi connectivity index (χ3v) is 3.28. The lowest BCUT2D eigenvalue weighted by molar-refractivity contribution is -0.356. The number of ether oxygens (including phenoxy) is 1. The zero-order valence-corrected chi connectivity index (χ0v) is 10.2. The van der Waals surface area contributed by atoms with Crippen LogP contribution < -0.4 is 10.5 Å². The van der Waals surface area contributed by atoms with Crippen LogP contribution in [0.4, 0.5) is 0 Å². The van der Waals surface area contributed by atoms with Gasteiger partial charge < -0.3 is 10.5 Å². The van der Waals surface area contributed by atoms with Gasteiger partial charge in [-0.05, 0) is 11.6 Å². The van der Waals surface area contributed by atoms with Crippen molar-refractivity contribution in [2.75, 3.05) is 13.2 Å². The maximum absolute atomic E-state index is 5.78. The Labute approximate surface area is 107 Å². The third kappa shape index (κ3) is 1.81. The van der Waals surface area contributed by atoms with Gasteiger partial charge >= 0.3 is 0 Å². The van der Waals surface area contributed by atoms with Crippen molar-refractivity contribution in [3.63, 3.8) is 0 Å². The maximum Gasteiger partial charge on any atom is 0.127 e. The molecule has 1 aliphatic heterocycles. The lowest BCUT2D eigenvalue weighted by Gasteiger charge is -2.22. The highest BCUT2D eigenvalue weighted by Crippen LogP contribution is 2.36. The summed E-state index contributed by atoms with van der Waals surface area (Å²) in [5.41, 5.74) is 8.99. The van der Waals surface area contributed by atoms with Gasteiger partial charge in [0.25, 0.3) is 0 Å². The zero-order valence-electron chi connectivity index (χ0n) is 10.2. The molecule has 0 fully saturated rings. The first kappa shape index (κ1) is 11.1. The molecule has 0 aliphatic carbocycles. The van der Waals surface area contributed by atoms with Gasteiger partial charge in [-0.15, -0.1) is 0 Å². The van der Waals surface area contributed by atoms with Crippen LogP contribution in [0.1, 0.15) is 11.1 Å². The summed E-state index contributed by atoms with van der Waals surface area (Å²) in [6, 6.07) is 18.7. The van der Waals surface area contributed by atoms with E-state index in [0.717, 1.165) is 12.3 Å². The second kappa shape index (κ2) is 4.67. The van der Waals surface area contributed by atoms with Crippen LogP contribution in [0.5, 0.6) is 5.75 Å². The number of rotatable bonds is 2. The predicted octanol–water partition coefficient (Wildman–Crippen LogP) is 2.12. The van der Waals surface area contributed by atoms with E-state index < -0.39 is 0 Å². The van der Waals surface area contributed by atoms with Gasteiger partial charge in [0.2, 0.25) is 0 Å². The number of benzene rings is 2. The SMILES string of the molecule is [NH3+]CC1=C(c2ccccc2)c2ccccc2OC1. The van der Waals surface area contributed by atoms with Gasteiger partial charge in [0, 0.05) is 16.7 Å². The van der Waals surface area contributed by atoms with Crippen molar-refractivity contribution >= 4 is 5.57 Å². The topological polar surface area (TPSA) is 36.9 Å². The monoisotopic (exact) mass is 238 g/mol. The molecule has 90 valence electrons. The number of hydrogen-bond acceptors (Lipinski definition) is 1. The first-order valence-corrected chi connectivity index (χ1v) is 6.19. The second-order valence-electron chi connectivity index (χ2n) is 4.38. The molecule has 0 saturated carbocycles. The first-order valence-electron chi connectivity index (χ1n) is 6.19. The van der Waals surface area contributed by atoms with Crippen molar-refractivity contribution in [1.29, 1.82) is 0 Å². The largest absolute Gasteiger partial charge is 0.488 e. The Morgan fingerprint density at radius 2 is 1.67 bits per heavy atom. The average Bonchev–Trinajstić information content (AvgIpc) is 2.47.